The molecule has 3 aromatic rings. The number of carboxylic acids is 1. The Morgan fingerprint density at radius 2 is 2.00 bits per heavy atom. The minimum Gasteiger partial charge on any atom is -0.481 e. The van der Waals surface area contributed by atoms with Crippen molar-refractivity contribution in [3.8, 4) is 5.69 Å². The van der Waals surface area contributed by atoms with Crippen LogP contribution in [0, 0.1) is 0 Å². The van der Waals surface area contributed by atoms with Crippen molar-refractivity contribution in [2.75, 3.05) is 7.05 Å². The molecule has 0 spiro atoms. The van der Waals surface area contributed by atoms with Crippen molar-refractivity contribution in [2.24, 2.45) is 0 Å². The second-order valence-electron chi connectivity index (χ2n) is 5.80. The van der Waals surface area contributed by atoms with Crippen LogP contribution in [0.3, 0.4) is 0 Å². The van der Waals surface area contributed by atoms with Crippen molar-refractivity contribution in [1.82, 2.24) is 29.2 Å². The quantitative estimate of drug-likeness (QED) is 0.741. The molecule has 1 amide bonds. The van der Waals surface area contributed by atoms with Gasteiger partial charge in [0.1, 0.15) is 0 Å². The number of fused-ring (bicyclic) bond motifs is 3. The van der Waals surface area contributed by atoms with Crippen molar-refractivity contribution in [1.29, 1.82) is 0 Å². The summed E-state index contributed by atoms with van der Waals surface area (Å²) in [7, 11) is 1.78. The number of amides is 1. The van der Waals surface area contributed by atoms with Crippen LogP contribution >= 0.6 is 0 Å². The molecule has 3 heterocycles. The van der Waals surface area contributed by atoms with E-state index in [1.165, 1.54) is 0 Å². The molecule has 1 aliphatic heterocycles. The number of carbonyl (C=O) groups excluding carboxylic acids is 1. The highest BCUT2D eigenvalue weighted by Gasteiger charge is 2.26. The van der Waals surface area contributed by atoms with Gasteiger partial charge in [0.15, 0.2) is 11.6 Å². The van der Waals surface area contributed by atoms with E-state index in [1.807, 2.05) is 39.6 Å². The fourth-order valence-electron chi connectivity index (χ4n) is 2.72. The van der Waals surface area contributed by atoms with Crippen LogP contribution in [0.2, 0.25) is 0 Å². The number of carboxylic acid groups (broad SMARTS) is 1. The minimum absolute atomic E-state index is 0.00493. The van der Waals surface area contributed by atoms with Gasteiger partial charge in [-0.2, -0.15) is 0 Å². The molecule has 0 radical (unpaired) electrons. The number of aromatic nitrogens is 5. The van der Waals surface area contributed by atoms with Crippen molar-refractivity contribution >= 4 is 11.9 Å². The van der Waals surface area contributed by atoms with E-state index >= 15 is 0 Å². The lowest BCUT2D eigenvalue weighted by atomic mass is 10.1. The van der Waals surface area contributed by atoms with Gasteiger partial charge in [0.2, 0.25) is 0 Å². The van der Waals surface area contributed by atoms with Gasteiger partial charge in [-0.25, -0.2) is 4.98 Å². The predicted molar refractivity (Wildman–Crippen MR) is 91.8 cm³/mol. The summed E-state index contributed by atoms with van der Waals surface area (Å²) in [6, 6.07) is 7.55. The molecule has 0 saturated heterocycles. The van der Waals surface area contributed by atoms with E-state index in [-0.39, 0.29) is 5.91 Å². The number of aliphatic carboxylic acids is 1. The molecule has 4 rings (SSSR count). The van der Waals surface area contributed by atoms with Crippen LogP contribution in [0.5, 0.6) is 0 Å². The number of hydrogen-bond donors (Lipinski definition) is 1. The third kappa shape index (κ3) is 3.46. The average molecular weight is 354 g/mol. The third-order valence-electron chi connectivity index (χ3n) is 3.78. The van der Waals surface area contributed by atoms with Crippen LogP contribution < -0.4 is 0 Å². The van der Waals surface area contributed by atoms with Gasteiger partial charge in [-0.3, -0.25) is 14.2 Å². The number of hydrogen-bond acceptors (Lipinski definition) is 5. The van der Waals surface area contributed by atoms with Crippen LogP contribution in [0.25, 0.3) is 5.69 Å². The molecule has 2 aromatic heterocycles. The zero-order valence-corrected chi connectivity index (χ0v) is 14.4. The largest absolute Gasteiger partial charge is 0.481 e. The van der Waals surface area contributed by atoms with E-state index in [1.54, 1.807) is 24.5 Å². The summed E-state index contributed by atoms with van der Waals surface area (Å²) < 4.78 is 3.90. The highest BCUT2D eigenvalue weighted by molar-refractivity contribution is 5.98. The van der Waals surface area contributed by atoms with E-state index < -0.39 is 5.97 Å². The van der Waals surface area contributed by atoms with Crippen molar-refractivity contribution in [3.05, 3.63) is 60.2 Å². The molecule has 0 atom stereocenters. The van der Waals surface area contributed by atoms with Gasteiger partial charge in [-0.05, 0) is 12.1 Å². The van der Waals surface area contributed by atoms with Gasteiger partial charge in [0.05, 0.1) is 30.7 Å². The minimum atomic E-state index is -0.833. The Morgan fingerprint density at radius 3 is 2.69 bits per heavy atom. The van der Waals surface area contributed by atoms with Gasteiger partial charge >= 0.3 is 0 Å². The number of imidazole rings is 1. The number of para-hydroxylation sites is 1. The maximum absolute atomic E-state index is 12.5. The maximum Gasteiger partial charge on any atom is 0.300 e. The van der Waals surface area contributed by atoms with Gasteiger partial charge in [0, 0.05) is 26.4 Å². The molecule has 134 valence electrons. The lowest BCUT2D eigenvalue weighted by Gasteiger charge is -2.12. The topological polar surface area (TPSA) is 106 Å². The molecular formula is C17H18N6O3. The van der Waals surface area contributed by atoms with E-state index in [4.69, 9.17) is 9.90 Å². The van der Waals surface area contributed by atoms with Crippen LogP contribution in [-0.2, 0) is 17.9 Å². The molecule has 0 aliphatic carbocycles. The number of carbonyl (C=O) groups is 2. The highest BCUT2D eigenvalue weighted by Crippen LogP contribution is 2.24. The SMILES string of the molecule is CC(=O)O.CN1Cc2nnc(Cn3ccnc3)n2-c2ccccc2C1=O. The zero-order chi connectivity index (χ0) is 18.7. The fourth-order valence-corrected chi connectivity index (χ4v) is 2.72. The summed E-state index contributed by atoms with van der Waals surface area (Å²) in [6.45, 7) is 2.07. The molecule has 1 N–H and O–H groups in total. The molecule has 9 heteroatoms. The van der Waals surface area contributed by atoms with Crippen LogP contribution in [-0.4, -0.2) is 53.2 Å². The van der Waals surface area contributed by atoms with Crippen molar-refractivity contribution < 1.29 is 14.7 Å². The second kappa shape index (κ2) is 7.18. The summed E-state index contributed by atoms with van der Waals surface area (Å²) in [5, 5.41) is 16.0. The Morgan fingerprint density at radius 1 is 1.27 bits per heavy atom. The molecular weight excluding hydrogens is 336 g/mol. The standard InChI is InChI=1S/C15H14N6O.C2H4O2/c1-19-8-13-17-18-14(9-20-7-6-16-10-20)21(13)12-5-3-2-4-11(12)15(19)22;1-2(3)4/h2-7,10H,8-9H2,1H3;1H3,(H,3,4). The van der Waals surface area contributed by atoms with Crippen LogP contribution in [0.15, 0.2) is 43.0 Å². The molecule has 1 aromatic carbocycles. The van der Waals surface area contributed by atoms with E-state index in [0.29, 0.717) is 18.7 Å². The molecule has 9 nitrogen and oxygen atoms in total. The number of nitrogens with zero attached hydrogens (tertiary/aromatic N) is 6. The van der Waals surface area contributed by atoms with E-state index in [2.05, 4.69) is 15.2 Å². The van der Waals surface area contributed by atoms with Gasteiger partial charge in [-0.15, -0.1) is 10.2 Å². The summed E-state index contributed by atoms with van der Waals surface area (Å²) in [5.74, 6) is 0.703. The third-order valence-corrected chi connectivity index (χ3v) is 3.78. The first-order valence-electron chi connectivity index (χ1n) is 7.90. The maximum atomic E-state index is 12.5. The number of rotatable bonds is 2. The Hall–Kier alpha value is -3.49. The molecule has 26 heavy (non-hydrogen) atoms. The summed E-state index contributed by atoms with van der Waals surface area (Å²) >= 11 is 0. The smallest absolute Gasteiger partial charge is 0.300 e. The van der Waals surface area contributed by atoms with Gasteiger partial charge in [-0.1, -0.05) is 12.1 Å². The fraction of sp³-hybridized carbons (Fsp3) is 0.235. The average Bonchev–Trinajstić information content (AvgIpc) is 3.22. The Kier molecular flexibility index (Phi) is 4.78. The summed E-state index contributed by atoms with van der Waals surface area (Å²) in [4.78, 5) is 27.2. The van der Waals surface area contributed by atoms with Crippen molar-refractivity contribution in [2.45, 2.75) is 20.0 Å². The Balaban J connectivity index is 0.000000447. The Labute approximate surface area is 149 Å². The highest BCUT2D eigenvalue weighted by atomic mass is 16.4. The molecule has 0 fully saturated rings. The first-order chi connectivity index (χ1) is 12.5. The van der Waals surface area contributed by atoms with Crippen LogP contribution in [0.1, 0.15) is 28.9 Å². The van der Waals surface area contributed by atoms with Gasteiger partial charge < -0.3 is 14.6 Å². The lowest BCUT2D eigenvalue weighted by Crippen LogP contribution is -2.25. The Bertz CT molecular complexity index is 928. The van der Waals surface area contributed by atoms with Crippen molar-refractivity contribution in [3.63, 3.8) is 0 Å². The lowest BCUT2D eigenvalue weighted by molar-refractivity contribution is -0.134. The first-order valence-corrected chi connectivity index (χ1v) is 7.90. The zero-order valence-electron chi connectivity index (χ0n) is 14.4. The van der Waals surface area contributed by atoms with Gasteiger partial charge in [0.25, 0.3) is 11.9 Å². The first kappa shape index (κ1) is 17.3. The molecule has 0 unspecified atom stereocenters. The van der Waals surface area contributed by atoms with E-state index in [9.17, 15) is 4.79 Å². The molecule has 0 saturated carbocycles. The monoisotopic (exact) mass is 354 g/mol. The second-order valence-corrected chi connectivity index (χ2v) is 5.80. The van der Waals surface area contributed by atoms with E-state index in [0.717, 1.165) is 24.3 Å². The predicted octanol–water partition coefficient (Wildman–Crippen LogP) is 1.19. The van der Waals surface area contributed by atoms with Crippen LogP contribution in [0.4, 0.5) is 0 Å². The molecule has 0 bridgehead atoms. The normalized spacial score (nSPS) is 12.5. The summed E-state index contributed by atoms with van der Waals surface area (Å²) in [5.41, 5.74) is 1.49. The molecule has 1 aliphatic rings. The summed E-state index contributed by atoms with van der Waals surface area (Å²) in [6.07, 6.45) is 5.34. The number of benzene rings is 1.